The third-order valence-corrected chi connectivity index (χ3v) is 3.97. The van der Waals surface area contributed by atoms with E-state index in [1.165, 1.54) is 12.7 Å². The molecule has 0 spiro atoms. The van der Waals surface area contributed by atoms with Crippen molar-refractivity contribution < 1.29 is 19.1 Å². The molecular formula is C21H24O4. The minimum absolute atomic E-state index is 0.331. The van der Waals surface area contributed by atoms with Gasteiger partial charge in [0.25, 0.3) is 0 Å². The predicted molar refractivity (Wildman–Crippen MR) is 96.8 cm³/mol. The molecule has 0 aromatic heterocycles. The van der Waals surface area contributed by atoms with Crippen molar-refractivity contribution in [1.82, 2.24) is 0 Å². The van der Waals surface area contributed by atoms with Crippen LogP contribution in [0.15, 0.2) is 48.5 Å². The molecule has 0 saturated heterocycles. The lowest BCUT2D eigenvalue weighted by Gasteiger charge is -2.13. The Morgan fingerprint density at radius 1 is 0.920 bits per heavy atom. The van der Waals surface area contributed by atoms with Crippen LogP contribution in [0.5, 0.6) is 5.75 Å². The number of carbonyl (C=O) groups is 2. The van der Waals surface area contributed by atoms with Crippen molar-refractivity contribution in [2.24, 2.45) is 5.92 Å². The van der Waals surface area contributed by atoms with Crippen molar-refractivity contribution in [2.75, 3.05) is 7.11 Å². The second-order valence-electron chi connectivity index (χ2n) is 6.50. The fraction of sp³-hybridized carbons (Fsp3) is 0.333. The molecular weight excluding hydrogens is 316 g/mol. The number of methoxy groups -OCH3 is 1. The molecule has 0 aliphatic carbocycles. The van der Waals surface area contributed by atoms with Gasteiger partial charge in [-0.2, -0.15) is 0 Å². The first-order valence-electron chi connectivity index (χ1n) is 8.39. The Balaban J connectivity index is 2.01. The zero-order valence-electron chi connectivity index (χ0n) is 15.1. The van der Waals surface area contributed by atoms with Gasteiger partial charge in [0.05, 0.1) is 18.6 Å². The molecule has 0 N–H and O–H groups in total. The van der Waals surface area contributed by atoms with Crippen molar-refractivity contribution in [3.63, 3.8) is 0 Å². The first kappa shape index (κ1) is 18.7. The van der Waals surface area contributed by atoms with Crippen LogP contribution in [-0.2, 0) is 16.0 Å². The molecule has 132 valence electrons. The highest BCUT2D eigenvalue weighted by atomic mass is 16.5. The summed E-state index contributed by atoms with van der Waals surface area (Å²) in [5.41, 5.74) is 2.59. The summed E-state index contributed by atoms with van der Waals surface area (Å²) in [5.74, 6) is -0.120. The number of hydrogen-bond donors (Lipinski definition) is 0. The summed E-state index contributed by atoms with van der Waals surface area (Å²) < 4.78 is 10.0. The maximum absolute atomic E-state index is 12.3. The van der Waals surface area contributed by atoms with E-state index in [1.54, 1.807) is 24.3 Å². The Morgan fingerprint density at radius 2 is 1.52 bits per heavy atom. The zero-order chi connectivity index (χ0) is 18.4. The highest BCUT2D eigenvalue weighted by molar-refractivity contribution is 5.89. The number of benzene rings is 2. The largest absolute Gasteiger partial charge is 0.465 e. The summed E-state index contributed by atoms with van der Waals surface area (Å²) in [7, 11) is 1.32. The molecule has 2 rings (SSSR count). The van der Waals surface area contributed by atoms with Gasteiger partial charge in [-0.1, -0.05) is 38.1 Å². The van der Waals surface area contributed by atoms with E-state index in [-0.39, 0.29) is 11.9 Å². The Hall–Kier alpha value is -2.62. The summed E-state index contributed by atoms with van der Waals surface area (Å²) >= 11 is 0. The lowest BCUT2D eigenvalue weighted by atomic mass is 9.97. The van der Waals surface area contributed by atoms with Crippen LogP contribution in [0, 0.1) is 5.92 Å². The van der Waals surface area contributed by atoms with E-state index in [9.17, 15) is 9.59 Å². The Morgan fingerprint density at radius 3 is 2.04 bits per heavy atom. The minimum atomic E-state index is -0.423. The standard InChI is InChI=1S/C21H24O4/c1-14(2)13-16-5-7-17(8-6-16)15(3)20(22)25-19-11-9-18(10-12-19)21(23)24-4/h5-12,14-15H,13H2,1-4H3. The molecule has 4 nitrogen and oxygen atoms in total. The molecule has 2 aromatic carbocycles. The molecule has 1 unspecified atom stereocenters. The molecule has 0 radical (unpaired) electrons. The summed E-state index contributed by atoms with van der Waals surface area (Å²) in [6.45, 7) is 6.18. The minimum Gasteiger partial charge on any atom is -0.465 e. The normalized spacial score (nSPS) is 11.9. The van der Waals surface area contributed by atoms with Gasteiger partial charge in [-0.25, -0.2) is 4.79 Å². The number of carbonyl (C=O) groups excluding carboxylic acids is 2. The molecule has 0 aliphatic heterocycles. The van der Waals surface area contributed by atoms with Crippen LogP contribution in [-0.4, -0.2) is 19.0 Å². The van der Waals surface area contributed by atoms with Gasteiger partial charge in [-0.15, -0.1) is 0 Å². The summed E-state index contributed by atoms with van der Waals surface area (Å²) in [6, 6.07) is 14.4. The van der Waals surface area contributed by atoms with Crippen molar-refractivity contribution in [3.8, 4) is 5.75 Å². The Kier molecular flexibility index (Phi) is 6.34. The molecule has 1 atom stereocenters. The van der Waals surface area contributed by atoms with Gasteiger partial charge >= 0.3 is 11.9 Å². The lowest BCUT2D eigenvalue weighted by Crippen LogP contribution is -2.16. The molecule has 2 aromatic rings. The predicted octanol–water partition coefficient (Wildman–Crippen LogP) is 4.38. The molecule has 0 saturated carbocycles. The quantitative estimate of drug-likeness (QED) is 0.578. The van der Waals surface area contributed by atoms with Crippen LogP contribution in [0.1, 0.15) is 48.2 Å². The molecule has 0 fully saturated rings. The fourth-order valence-electron chi connectivity index (χ4n) is 2.53. The van der Waals surface area contributed by atoms with E-state index in [4.69, 9.17) is 4.74 Å². The van der Waals surface area contributed by atoms with Crippen LogP contribution in [0.25, 0.3) is 0 Å². The maximum atomic E-state index is 12.3. The number of esters is 2. The topological polar surface area (TPSA) is 52.6 Å². The fourth-order valence-corrected chi connectivity index (χ4v) is 2.53. The van der Waals surface area contributed by atoms with E-state index in [2.05, 4.69) is 30.7 Å². The van der Waals surface area contributed by atoms with Crippen molar-refractivity contribution in [3.05, 3.63) is 65.2 Å². The first-order chi connectivity index (χ1) is 11.9. The van der Waals surface area contributed by atoms with Crippen molar-refractivity contribution >= 4 is 11.9 Å². The van der Waals surface area contributed by atoms with E-state index < -0.39 is 5.97 Å². The van der Waals surface area contributed by atoms with Gasteiger partial charge in [0.15, 0.2) is 0 Å². The van der Waals surface area contributed by atoms with E-state index in [0.717, 1.165) is 12.0 Å². The van der Waals surface area contributed by atoms with Gasteiger partial charge in [-0.3, -0.25) is 4.79 Å². The highest BCUT2D eigenvalue weighted by Gasteiger charge is 2.18. The third kappa shape index (κ3) is 5.18. The lowest BCUT2D eigenvalue weighted by molar-refractivity contribution is -0.135. The van der Waals surface area contributed by atoms with E-state index >= 15 is 0 Å². The van der Waals surface area contributed by atoms with Gasteiger partial charge in [0.1, 0.15) is 5.75 Å². The average Bonchev–Trinajstić information content (AvgIpc) is 2.61. The second kappa shape index (κ2) is 8.47. The number of hydrogen-bond acceptors (Lipinski definition) is 4. The van der Waals surface area contributed by atoms with Crippen molar-refractivity contribution in [1.29, 1.82) is 0 Å². The van der Waals surface area contributed by atoms with Gasteiger partial charge in [-0.05, 0) is 54.7 Å². The second-order valence-corrected chi connectivity index (χ2v) is 6.50. The van der Waals surface area contributed by atoms with Gasteiger partial charge < -0.3 is 9.47 Å². The van der Waals surface area contributed by atoms with Gasteiger partial charge in [0.2, 0.25) is 0 Å². The van der Waals surface area contributed by atoms with Crippen LogP contribution < -0.4 is 4.74 Å². The number of rotatable bonds is 6. The molecule has 0 aliphatic rings. The third-order valence-electron chi connectivity index (χ3n) is 3.97. The molecule has 25 heavy (non-hydrogen) atoms. The van der Waals surface area contributed by atoms with Crippen LogP contribution in [0.3, 0.4) is 0 Å². The molecule has 0 bridgehead atoms. The first-order valence-corrected chi connectivity index (χ1v) is 8.39. The highest BCUT2D eigenvalue weighted by Crippen LogP contribution is 2.21. The molecule has 0 heterocycles. The monoisotopic (exact) mass is 340 g/mol. The zero-order valence-corrected chi connectivity index (χ0v) is 15.1. The van der Waals surface area contributed by atoms with Crippen LogP contribution >= 0.6 is 0 Å². The maximum Gasteiger partial charge on any atom is 0.337 e. The SMILES string of the molecule is COC(=O)c1ccc(OC(=O)C(C)c2ccc(CC(C)C)cc2)cc1. The molecule has 0 amide bonds. The average molecular weight is 340 g/mol. The smallest absolute Gasteiger partial charge is 0.337 e. The Bertz CT molecular complexity index is 715. The van der Waals surface area contributed by atoms with Crippen LogP contribution in [0.4, 0.5) is 0 Å². The summed E-state index contributed by atoms with van der Waals surface area (Å²) in [5, 5.41) is 0. The van der Waals surface area contributed by atoms with Crippen molar-refractivity contribution in [2.45, 2.75) is 33.1 Å². The van der Waals surface area contributed by atoms with Gasteiger partial charge in [0, 0.05) is 0 Å². The summed E-state index contributed by atoms with van der Waals surface area (Å²) in [4.78, 5) is 23.7. The van der Waals surface area contributed by atoms with E-state index in [0.29, 0.717) is 17.2 Å². The van der Waals surface area contributed by atoms with E-state index in [1.807, 2.05) is 19.1 Å². The van der Waals surface area contributed by atoms with Crippen LogP contribution in [0.2, 0.25) is 0 Å². The number of ether oxygens (including phenoxy) is 2. The Labute approximate surface area is 148 Å². The molecule has 4 heteroatoms. The summed E-state index contributed by atoms with van der Waals surface area (Å²) in [6.07, 6.45) is 1.02.